The number of amides is 1. The first-order chi connectivity index (χ1) is 12.5. The van der Waals surface area contributed by atoms with Gasteiger partial charge in [0, 0.05) is 17.5 Å². The molecule has 1 saturated carbocycles. The van der Waals surface area contributed by atoms with E-state index < -0.39 is 6.10 Å². The van der Waals surface area contributed by atoms with Crippen molar-refractivity contribution in [2.24, 2.45) is 5.92 Å². The van der Waals surface area contributed by atoms with Gasteiger partial charge in [-0.2, -0.15) is 0 Å². The van der Waals surface area contributed by atoms with Gasteiger partial charge in [0.1, 0.15) is 18.5 Å². The van der Waals surface area contributed by atoms with Crippen LogP contribution in [0.15, 0.2) is 42.5 Å². The van der Waals surface area contributed by atoms with Crippen molar-refractivity contribution in [1.82, 2.24) is 5.32 Å². The Labute approximate surface area is 159 Å². The molecule has 0 saturated heterocycles. The first kappa shape index (κ1) is 18.7. The molecular formula is C21H24ClNO3. The van der Waals surface area contributed by atoms with E-state index in [-0.39, 0.29) is 30.9 Å². The third kappa shape index (κ3) is 4.37. The zero-order valence-corrected chi connectivity index (χ0v) is 15.8. The van der Waals surface area contributed by atoms with Crippen LogP contribution in [0.3, 0.4) is 0 Å². The van der Waals surface area contributed by atoms with E-state index in [1.807, 2.05) is 56.3 Å². The van der Waals surface area contributed by atoms with Gasteiger partial charge in [0.2, 0.25) is 5.91 Å². The Kier molecular flexibility index (Phi) is 5.84. The van der Waals surface area contributed by atoms with Crippen LogP contribution in [0.2, 0.25) is 5.02 Å². The van der Waals surface area contributed by atoms with E-state index in [9.17, 15) is 9.90 Å². The van der Waals surface area contributed by atoms with Gasteiger partial charge in [0.25, 0.3) is 0 Å². The molecule has 0 aliphatic heterocycles. The molecule has 0 aromatic heterocycles. The number of ether oxygens (including phenoxy) is 1. The minimum absolute atomic E-state index is 0.0407. The number of halogens is 1. The third-order valence-corrected chi connectivity index (χ3v) is 5.12. The molecule has 2 aromatic carbocycles. The molecule has 2 aromatic rings. The highest BCUT2D eigenvalue weighted by molar-refractivity contribution is 6.31. The Morgan fingerprint density at radius 3 is 2.62 bits per heavy atom. The average molecular weight is 374 g/mol. The van der Waals surface area contributed by atoms with Crippen molar-refractivity contribution < 1.29 is 14.6 Å². The Morgan fingerprint density at radius 2 is 1.92 bits per heavy atom. The maximum Gasteiger partial charge on any atom is 0.223 e. The van der Waals surface area contributed by atoms with Crippen molar-refractivity contribution in [3.8, 4) is 5.75 Å². The molecule has 3 unspecified atom stereocenters. The van der Waals surface area contributed by atoms with Crippen molar-refractivity contribution in [1.29, 1.82) is 0 Å². The summed E-state index contributed by atoms with van der Waals surface area (Å²) in [6, 6.07) is 13.5. The summed E-state index contributed by atoms with van der Waals surface area (Å²) >= 11 is 6.19. The monoisotopic (exact) mass is 373 g/mol. The molecule has 138 valence electrons. The maximum atomic E-state index is 12.3. The highest BCUT2D eigenvalue weighted by atomic mass is 35.5. The van der Waals surface area contributed by atoms with E-state index >= 15 is 0 Å². The van der Waals surface area contributed by atoms with Crippen molar-refractivity contribution in [3.63, 3.8) is 0 Å². The second kappa shape index (κ2) is 8.11. The third-order valence-electron chi connectivity index (χ3n) is 4.77. The van der Waals surface area contributed by atoms with Crippen LogP contribution in [0.4, 0.5) is 0 Å². The summed E-state index contributed by atoms with van der Waals surface area (Å²) in [5.41, 5.74) is 3.08. The lowest BCUT2D eigenvalue weighted by Gasteiger charge is -2.16. The molecule has 0 radical (unpaired) electrons. The Hall–Kier alpha value is -2.04. The number of rotatable bonds is 7. The van der Waals surface area contributed by atoms with Crippen LogP contribution in [-0.4, -0.2) is 30.3 Å². The number of aryl methyl sites for hydroxylation is 2. The van der Waals surface area contributed by atoms with Crippen LogP contribution < -0.4 is 10.1 Å². The molecule has 0 spiro atoms. The van der Waals surface area contributed by atoms with Gasteiger partial charge in [0.05, 0.1) is 0 Å². The van der Waals surface area contributed by atoms with Crippen molar-refractivity contribution in [2.75, 3.05) is 13.2 Å². The minimum atomic E-state index is -0.754. The van der Waals surface area contributed by atoms with Crippen LogP contribution in [0.5, 0.6) is 5.75 Å². The molecule has 5 heteroatoms. The highest BCUT2D eigenvalue weighted by Gasteiger charge is 2.44. The molecule has 3 atom stereocenters. The molecule has 3 rings (SSSR count). The smallest absolute Gasteiger partial charge is 0.223 e. The number of hydrogen-bond donors (Lipinski definition) is 2. The molecular weight excluding hydrogens is 350 g/mol. The fourth-order valence-electron chi connectivity index (χ4n) is 3.22. The quantitative estimate of drug-likeness (QED) is 0.779. The van der Waals surface area contributed by atoms with Gasteiger partial charge in [-0.3, -0.25) is 4.79 Å². The van der Waals surface area contributed by atoms with E-state index in [1.165, 1.54) is 0 Å². The molecule has 1 amide bonds. The molecule has 26 heavy (non-hydrogen) atoms. The zero-order valence-electron chi connectivity index (χ0n) is 15.0. The van der Waals surface area contributed by atoms with Crippen LogP contribution in [0.1, 0.15) is 29.0 Å². The normalized spacial score (nSPS) is 19.7. The lowest BCUT2D eigenvalue weighted by Crippen LogP contribution is -2.36. The second-order valence-electron chi connectivity index (χ2n) is 6.90. The van der Waals surface area contributed by atoms with Gasteiger partial charge < -0.3 is 15.2 Å². The summed E-state index contributed by atoms with van der Waals surface area (Å²) in [4.78, 5) is 12.3. The Bertz CT molecular complexity index is 772. The maximum absolute atomic E-state index is 12.3. The van der Waals surface area contributed by atoms with E-state index in [0.29, 0.717) is 5.02 Å². The summed E-state index contributed by atoms with van der Waals surface area (Å²) in [7, 11) is 0. The molecule has 4 nitrogen and oxygen atoms in total. The van der Waals surface area contributed by atoms with Crippen LogP contribution in [0, 0.1) is 19.8 Å². The van der Waals surface area contributed by atoms with Crippen molar-refractivity contribution in [2.45, 2.75) is 32.3 Å². The minimum Gasteiger partial charge on any atom is -0.490 e. The average Bonchev–Trinajstić information content (AvgIpc) is 3.40. The Balaban J connectivity index is 1.44. The SMILES string of the molecule is Cc1cccc(C)c1OCC(O)CNC(=O)C1CC1c1ccccc1Cl. The first-order valence-electron chi connectivity index (χ1n) is 8.86. The lowest BCUT2D eigenvalue weighted by molar-refractivity contribution is -0.122. The van der Waals surface area contributed by atoms with Crippen LogP contribution >= 0.6 is 11.6 Å². The van der Waals surface area contributed by atoms with E-state index in [2.05, 4.69) is 5.32 Å². The lowest BCUT2D eigenvalue weighted by atomic mass is 10.1. The highest BCUT2D eigenvalue weighted by Crippen LogP contribution is 2.49. The Morgan fingerprint density at radius 1 is 1.23 bits per heavy atom. The van der Waals surface area contributed by atoms with E-state index in [1.54, 1.807) is 0 Å². The standard InChI is InChI=1S/C21H24ClNO3/c1-13-6-5-7-14(2)20(13)26-12-15(24)11-23-21(25)18-10-17(18)16-8-3-4-9-19(16)22/h3-9,15,17-18,24H,10-12H2,1-2H3,(H,23,25). The molecule has 0 heterocycles. The molecule has 2 N–H and O–H groups in total. The molecule has 1 aliphatic rings. The summed E-state index contributed by atoms with van der Waals surface area (Å²) < 4.78 is 5.73. The van der Waals surface area contributed by atoms with Crippen LogP contribution in [-0.2, 0) is 4.79 Å². The van der Waals surface area contributed by atoms with E-state index in [4.69, 9.17) is 16.3 Å². The van der Waals surface area contributed by atoms with Gasteiger partial charge in [-0.1, -0.05) is 48.0 Å². The number of para-hydroxylation sites is 1. The summed E-state index contributed by atoms with van der Waals surface area (Å²) in [5.74, 6) is 0.855. The fourth-order valence-corrected chi connectivity index (χ4v) is 3.49. The summed E-state index contributed by atoms with van der Waals surface area (Å²) in [5, 5.41) is 13.6. The molecule has 0 bridgehead atoms. The van der Waals surface area contributed by atoms with Crippen molar-refractivity contribution in [3.05, 3.63) is 64.2 Å². The van der Waals surface area contributed by atoms with Gasteiger partial charge in [-0.15, -0.1) is 0 Å². The van der Waals surface area contributed by atoms with Crippen molar-refractivity contribution >= 4 is 17.5 Å². The number of carbonyl (C=O) groups is 1. The number of carbonyl (C=O) groups excluding carboxylic acids is 1. The number of aliphatic hydroxyl groups is 1. The van der Waals surface area contributed by atoms with Gasteiger partial charge >= 0.3 is 0 Å². The number of nitrogens with one attached hydrogen (secondary N) is 1. The largest absolute Gasteiger partial charge is 0.490 e. The molecule has 1 fully saturated rings. The predicted molar refractivity (Wildman–Crippen MR) is 103 cm³/mol. The number of benzene rings is 2. The van der Waals surface area contributed by atoms with Crippen LogP contribution in [0.25, 0.3) is 0 Å². The fraction of sp³-hybridized carbons (Fsp3) is 0.381. The number of hydrogen-bond acceptors (Lipinski definition) is 3. The van der Waals surface area contributed by atoms with Gasteiger partial charge in [-0.05, 0) is 48.9 Å². The molecule has 1 aliphatic carbocycles. The topological polar surface area (TPSA) is 58.6 Å². The van der Waals surface area contributed by atoms with E-state index in [0.717, 1.165) is 28.9 Å². The number of aliphatic hydroxyl groups excluding tert-OH is 1. The second-order valence-corrected chi connectivity index (χ2v) is 7.31. The van der Waals surface area contributed by atoms with Gasteiger partial charge in [0.15, 0.2) is 0 Å². The van der Waals surface area contributed by atoms with Gasteiger partial charge in [-0.25, -0.2) is 0 Å². The predicted octanol–water partition coefficient (Wildman–Crippen LogP) is 3.62. The summed E-state index contributed by atoms with van der Waals surface area (Å²) in [6.45, 7) is 4.26. The zero-order chi connectivity index (χ0) is 18.7. The summed E-state index contributed by atoms with van der Waals surface area (Å²) in [6.07, 6.45) is 0.0420. The first-order valence-corrected chi connectivity index (χ1v) is 9.24.